The van der Waals surface area contributed by atoms with Crippen molar-refractivity contribution < 1.29 is 24.9 Å². The number of carbonyl (C=O) groups is 2. The van der Waals surface area contributed by atoms with E-state index in [4.69, 9.17) is 15.3 Å². The van der Waals surface area contributed by atoms with Crippen LogP contribution in [0.1, 0.15) is 13.8 Å². The monoisotopic (exact) mass is 234 g/mol. The van der Waals surface area contributed by atoms with E-state index in [1.165, 1.54) is 4.90 Å². The summed E-state index contributed by atoms with van der Waals surface area (Å²) in [7, 11) is 0. The van der Waals surface area contributed by atoms with Crippen molar-refractivity contribution in [1.29, 1.82) is 0 Å². The lowest BCUT2D eigenvalue weighted by Gasteiger charge is -2.27. The van der Waals surface area contributed by atoms with Gasteiger partial charge in [-0.05, 0) is 13.8 Å². The van der Waals surface area contributed by atoms with Gasteiger partial charge in [-0.3, -0.25) is 0 Å². The van der Waals surface area contributed by atoms with E-state index in [9.17, 15) is 9.59 Å². The van der Waals surface area contributed by atoms with Crippen LogP contribution in [0.15, 0.2) is 0 Å². The molecule has 0 unspecified atom stereocenters. The van der Waals surface area contributed by atoms with Gasteiger partial charge in [-0.1, -0.05) is 0 Å². The quantitative estimate of drug-likeness (QED) is 0.463. The fourth-order valence-electron chi connectivity index (χ4n) is 1.12. The molecule has 1 atom stereocenters. The zero-order valence-electron chi connectivity index (χ0n) is 9.38. The zero-order chi connectivity index (χ0) is 12.7. The van der Waals surface area contributed by atoms with Crippen molar-refractivity contribution in [2.24, 2.45) is 0 Å². The summed E-state index contributed by atoms with van der Waals surface area (Å²) in [6, 6.07) is -2.11. The number of aliphatic hydroxyl groups is 2. The summed E-state index contributed by atoms with van der Waals surface area (Å²) >= 11 is 0. The second-order valence-electron chi connectivity index (χ2n) is 3.53. The first-order chi connectivity index (χ1) is 7.43. The fraction of sp³-hybridized carbons (Fsp3) is 0.778. The van der Waals surface area contributed by atoms with Gasteiger partial charge in [0.15, 0.2) is 6.04 Å². The van der Waals surface area contributed by atoms with Crippen molar-refractivity contribution in [3.8, 4) is 0 Å². The number of nitrogens with one attached hydrogen (secondary N) is 1. The average Bonchev–Trinajstić information content (AvgIpc) is 2.21. The molecule has 7 nitrogen and oxygen atoms in total. The summed E-state index contributed by atoms with van der Waals surface area (Å²) in [5.41, 5.74) is 0. The van der Waals surface area contributed by atoms with E-state index in [1.54, 1.807) is 13.8 Å². The summed E-state index contributed by atoms with van der Waals surface area (Å²) in [5, 5.41) is 28.3. The van der Waals surface area contributed by atoms with Gasteiger partial charge in [0.2, 0.25) is 0 Å². The number of nitrogens with zero attached hydrogens (tertiary/aromatic N) is 1. The fourth-order valence-corrected chi connectivity index (χ4v) is 1.12. The number of carboxylic acids is 1. The first-order valence-electron chi connectivity index (χ1n) is 4.95. The van der Waals surface area contributed by atoms with Gasteiger partial charge >= 0.3 is 12.0 Å². The Kier molecular flexibility index (Phi) is 6.43. The Hall–Kier alpha value is -1.34. The Morgan fingerprint density at radius 3 is 2.19 bits per heavy atom. The molecule has 0 bridgehead atoms. The zero-order valence-corrected chi connectivity index (χ0v) is 9.38. The van der Waals surface area contributed by atoms with Crippen molar-refractivity contribution >= 4 is 12.0 Å². The molecule has 16 heavy (non-hydrogen) atoms. The molecule has 0 radical (unpaired) electrons. The van der Waals surface area contributed by atoms with Crippen LogP contribution in [-0.4, -0.2) is 64.1 Å². The Balaban J connectivity index is 4.44. The highest BCUT2D eigenvalue weighted by Gasteiger charge is 2.23. The normalized spacial score (nSPS) is 12.3. The Labute approximate surface area is 93.7 Å². The molecule has 7 heteroatoms. The number of aliphatic hydroxyl groups excluding tert-OH is 2. The minimum absolute atomic E-state index is 0.112. The molecular formula is C9H18N2O5. The van der Waals surface area contributed by atoms with Crippen LogP contribution >= 0.6 is 0 Å². The van der Waals surface area contributed by atoms with Crippen LogP contribution in [0.5, 0.6) is 0 Å². The van der Waals surface area contributed by atoms with Gasteiger partial charge in [-0.2, -0.15) is 0 Å². The third-order valence-electron chi connectivity index (χ3n) is 2.00. The lowest BCUT2D eigenvalue weighted by molar-refractivity contribution is -0.140. The summed E-state index contributed by atoms with van der Waals surface area (Å²) in [4.78, 5) is 23.4. The smallest absolute Gasteiger partial charge is 0.328 e. The molecule has 2 amide bonds. The molecule has 94 valence electrons. The van der Waals surface area contributed by atoms with E-state index in [2.05, 4.69) is 5.32 Å². The van der Waals surface area contributed by atoms with Crippen molar-refractivity contribution in [1.82, 2.24) is 10.2 Å². The van der Waals surface area contributed by atoms with Gasteiger partial charge in [0.1, 0.15) is 0 Å². The molecule has 0 aliphatic rings. The maximum absolute atomic E-state index is 11.6. The highest BCUT2D eigenvalue weighted by Crippen LogP contribution is 1.99. The Morgan fingerprint density at radius 2 is 1.88 bits per heavy atom. The van der Waals surface area contributed by atoms with E-state index in [0.717, 1.165) is 0 Å². The summed E-state index contributed by atoms with van der Waals surface area (Å²) in [5.74, 6) is -1.30. The lowest BCUT2D eigenvalue weighted by Crippen LogP contribution is -2.52. The van der Waals surface area contributed by atoms with Crippen LogP contribution < -0.4 is 5.32 Å². The predicted molar refractivity (Wildman–Crippen MR) is 56.0 cm³/mol. The number of amides is 2. The molecular weight excluding hydrogens is 216 g/mol. The number of carbonyl (C=O) groups excluding carboxylic acids is 1. The molecule has 0 aromatic rings. The summed E-state index contributed by atoms with van der Waals surface area (Å²) < 4.78 is 0. The SMILES string of the molecule is CC(C)N(CCO)C(=O)N[C@@H](CO)C(=O)O. The molecule has 0 aromatic carbocycles. The van der Waals surface area contributed by atoms with E-state index in [-0.39, 0.29) is 19.2 Å². The molecule has 0 aliphatic carbocycles. The van der Waals surface area contributed by atoms with E-state index >= 15 is 0 Å². The van der Waals surface area contributed by atoms with Gasteiger partial charge in [-0.25, -0.2) is 9.59 Å². The number of rotatable bonds is 6. The number of hydrogen-bond acceptors (Lipinski definition) is 4. The molecule has 0 spiro atoms. The van der Waals surface area contributed by atoms with Gasteiger partial charge in [0.05, 0.1) is 13.2 Å². The van der Waals surface area contributed by atoms with Crippen LogP contribution in [0.2, 0.25) is 0 Å². The minimum atomic E-state index is -1.33. The van der Waals surface area contributed by atoms with E-state index in [1.807, 2.05) is 0 Å². The number of carboxylic acid groups (broad SMARTS) is 1. The van der Waals surface area contributed by atoms with E-state index < -0.39 is 24.6 Å². The van der Waals surface area contributed by atoms with Crippen molar-refractivity contribution in [2.75, 3.05) is 19.8 Å². The largest absolute Gasteiger partial charge is 0.480 e. The summed E-state index contributed by atoms with van der Waals surface area (Å²) in [6.07, 6.45) is 0. The lowest BCUT2D eigenvalue weighted by atomic mass is 10.3. The maximum Gasteiger partial charge on any atom is 0.328 e. The van der Waals surface area contributed by atoms with Gasteiger partial charge < -0.3 is 25.5 Å². The third-order valence-corrected chi connectivity index (χ3v) is 2.00. The van der Waals surface area contributed by atoms with Crippen molar-refractivity contribution in [3.05, 3.63) is 0 Å². The second kappa shape index (κ2) is 7.02. The molecule has 0 heterocycles. The van der Waals surface area contributed by atoms with Gasteiger partial charge in [0.25, 0.3) is 0 Å². The maximum atomic E-state index is 11.6. The number of urea groups is 1. The second-order valence-corrected chi connectivity index (χ2v) is 3.53. The predicted octanol–water partition coefficient (Wildman–Crippen LogP) is -1.16. The van der Waals surface area contributed by atoms with Crippen LogP contribution in [-0.2, 0) is 4.79 Å². The highest BCUT2D eigenvalue weighted by molar-refractivity contribution is 5.82. The van der Waals surface area contributed by atoms with Crippen LogP contribution in [0.25, 0.3) is 0 Å². The van der Waals surface area contributed by atoms with Crippen LogP contribution in [0.3, 0.4) is 0 Å². The molecule has 0 fully saturated rings. The Bertz CT molecular complexity index is 244. The van der Waals surface area contributed by atoms with Gasteiger partial charge in [0, 0.05) is 12.6 Å². The number of hydrogen-bond donors (Lipinski definition) is 4. The molecule has 0 saturated heterocycles. The van der Waals surface area contributed by atoms with E-state index in [0.29, 0.717) is 0 Å². The van der Waals surface area contributed by atoms with Crippen LogP contribution in [0.4, 0.5) is 4.79 Å². The highest BCUT2D eigenvalue weighted by atomic mass is 16.4. The topological polar surface area (TPSA) is 110 Å². The third kappa shape index (κ3) is 4.45. The Morgan fingerprint density at radius 1 is 1.31 bits per heavy atom. The summed E-state index contributed by atoms with van der Waals surface area (Å²) in [6.45, 7) is 2.71. The van der Waals surface area contributed by atoms with Gasteiger partial charge in [-0.15, -0.1) is 0 Å². The number of aliphatic carboxylic acids is 1. The molecule has 4 N–H and O–H groups in total. The molecule has 0 rings (SSSR count). The van der Waals surface area contributed by atoms with Crippen molar-refractivity contribution in [2.45, 2.75) is 25.9 Å². The van der Waals surface area contributed by atoms with Crippen molar-refractivity contribution in [3.63, 3.8) is 0 Å². The molecule has 0 saturated carbocycles. The average molecular weight is 234 g/mol. The molecule has 0 aliphatic heterocycles. The first kappa shape index (κ1) is 14.7. The molecule has 0 aromatic heterocycles. The van der Waals surface area contributed by atoms with Crippen LogP contribution in [0, 0.1) is 0 Å². The first-order valence-corrected chi connectivity index (χ1v) is 4.95. The minimum Gasteiger partial charge on any atom is -0.480 e. The standard InChI is InChI=1S/C9H18N2O5/c1-6(2)11(3-4-12)9(16)10-7(5-13)8(14)15/h6-7,12-13H,3-5H2,1-2H3,(H,10,16)(H,14,15)/t7-/m0/s1.